The fourth-order valence-corrected chi connectivity index (χ4v) is 1.91. The standard InChI is InChI=1S/C12H20BNO6/c1-5-16-10(15)7(14)8-9(11(20-13)17-6-2)19-12(3,4)18-8/h8-9,11,14H,5-6H2,1-4H3/t8-,9-,11-/m0/s1. The van der Waals surface area contributed by atoms with Crippen LogP contribution in [0.1, 0.15) is 27.7 Å². The first-order chi connectivity index (χ1) is 9.36. The van der Waals surface area contributed by atoms with Crippen molar-refractivity contribution in [2.75, 3.05) is 13.2 Å². The zero-order valence-electron chi connectivity index (χ0n) is 12.2. The van der Waals surface area contributed by atoms with Gasteiger partial charge in [0.1, 0.15) is 17.9 Å². The van der Waals surface area contributed by atoms with Gasteiger partial charge in [0.25, 0.3) is 8.05 Å². The molecule has 1 fully saturated rings. The highest BCUT2D eigenvalue weighted by Gasteiger charge is 2.49. The molecule has 1 N–H and O–H groups in total. The fraction of sp³-hybridized carbons (Fsp3) is 0.833. The van der Waals surface area contributed by atoms with E-state index in [4.69, 9.17) is 37.1 Å². The zero-order valence-corrected chi connectivity index (χ0v) is 12.2. The van der Waals surface area contributed by atoms with Crippen LogP contribution in [0.25, 0.3) is 0 Å². The van der Waals surface area contributed by atoms with E-state index in [1.54, 1.807) is 27.7 Å². The van der Waals surface area contributed by atoms with E-state index in [0.29, 0.717) is 6.61 Å². The van der Waals surface area contributed by atoms with Crippen molar-refractivity contribution < 1.29 is 28.4 Å². The molecule has 0 aromatic rings. The number of rotatable bonds is 7. The summed E-state index contributed by atoms with van der Waals surface area (Å²) in [6.07, 6.45) is -2.74. The van der Waals surface area contributed by atoms with Crippen molar-refractivity contribution in [3.8, 4) is 0 Å². The molecular formula is C12H20BNO6. The second-order valence-corrected chi connectivity index (χ2v) is 4.61. The largest absolute Gasteiger partial charge is 0.461 e. The third-order valence-electron chi connectivity index (χ3n) is 2.64. The van der Waals surface area contributed by atoms with Crippen LogP contribution < -0.4 is 0 Å². The quantitative estimate of drug-likeness (QED) is 0.318. The van der Waals surface area contributed by atoms with Crippen molar-refractivity contribution in [1.82, 2.24) is 0 Å². The molecule has 1 heterocycles. The summed E-state index contributed by atoms with van der Waals surface area (Å²) >= 11 is 0. The highest BCUT2D eigenvalue weighted by atomic mass is 16.8. The first kappa shape index (κ1) is 17.1. The van der Waals surface area contributed by atoms with E-state index >= 15 is 0 Å². The molecule has 112 valence electrons. The first-order valence-corrected chi connectivity index (χ1v) is 6.44. The molecule has 3 atom stereocenters. The van der Waals surface area contributed by atoms with Crippen molar-refractivity contribution in [2.45, 2.75) is 52.0 Å². The Morgan fingerprint density at radius 2 is 2.00 bits per heavy atom. The summed E-state index contributed by atoms with van der Waals surface area (Å²) < 4.78 is 26.0. The van der Waals surface area contributed by atoms with E-state index < -0.39 is 30.3 Å². The Labute approximate surface area is 119 Å². The lowest BCUT2D eigenvalue weighted by molar-refractivity contribution is -0.189. The summed E-state index contributed by atoms with van der Waals surface area (Å²) in [5.74, 6) is -1.75. The second-order valence-electron chi connectivity index (χ2n) is 4.61. The van der Waals surface area contributed by atoms with Crippen molar-refractivity contribution in [2.24, 2.45) is 0 Å². The molecule has 0 amide bonds. The van der Waals surface area contributed by atoms with Gasteiger partial charge in [0, 0.05) is 6.61 Å². The van der Waals surface area contributed by atoms with Crippen LogP contribution in [0.15, 0.2) is 0 Å². The van der Waals surface area contributed by atoms with E-state index in [1.807, 2.05) is 0 Å². The van der Waals surface area contributed by atoms with Crippen LogP contribution in [-0.4, -0.2) is 57.2 Å². The van der Waals surface area contributed by atoms with Crippen molar-refractivity contribution in [1.29, 1.82) is 5.41 Å². The van der Waals surface area contributed by atoms with Gasteiger partial charge in [0.15, 0.2) is 12.1 Å². The molecule has 1 rings (SSSR count). The molecular weight excluding hydrogens is 265 g/mol. The van der Waals surface area contributed by atoms with E-state index in [1.165, 1.54) is 0 Å². The van der Waals surface area contributed by atoms with Crippen LogP contribution >= 0.6 is 0 Å². The molecule has 0 saturated carbocycles. The number of ether oxygens (including phenoxy) is 4. The molecule has 7 nitrogen and oxygen atoms in total. The summed E-state index contributed by atoms with van der Waals surface area (Å²) in [7, 11) is 5.18. The molecule has 1 aliphatic rings. The van der Waals surface area contributed by atoms with Crippen molar-refractivity contribution in [3.05, 3.63) is 0 Å². The van der Waals surface area contributed by atoms with Crippen LogP contribution in [0.4, 0.5) is 0 Å². The van der Waals surface area contributed by atoms with E-state index in [-0.39, 0.29) is 12.3 Å². The number of hydrogen-bond acceptors (Lipinski definition) is 7. The molecule has 1 aliphatic heterocycles. The highest BCUT2D eigenvalue weighted by Crippen LogP contribution is 2.32. The molecule has 0 aromatic carbocycles. The van der Waals surface area contributed by atoms with Gasteiger partial charge in [-0.05, 0) is 27.7 Å². The molecule has 1 saturated heterocycles. The van der Waals surface area contributed by atoms with E-state index in [2.05, 4.69) is 0 Å². The molecule has 0 unspecified atom stereocenters. The maximum atomic E-state index is 11.7. The Balaban J connectivity index is 2.89. The maximum Gasteiger partial charge on any atom is 0.354 e. The summed E-state index contributed by atoms with van der Waals surface area (Å²) in [5, 5.41) is 7.87. The van der Waals surface area contributed by atoms with Crippen LogP contribution in [0.2, 0.25) is 0 Å². The summed E-state index contributed by atoms with van der Waals surface area (Å²) in [4.78, 5) is 11.7. The van der Waals surface area contributed by atoms with Crippen molar-refractivity contribution >= 4 is 19.7 Å². The summed E-state index contributed by atoms with van der Waals surface area (Å²) in [6, 6.07) is 0. The zero-order chi connectivity index (χ0) is 15.3. The monoisotopic (exact) mass is 285 g/mol. The van der Waals surface area contributed by atoms with Gasteiger partial charge in [-0.1, -0.05) is 0 Å². The average Bonchev–Trinajstić information content (AvgIpc) is 2.71. The highest BCUT2D eigenvalue weighted by molar-refractivity contribution is 6.37. The van der Waals surface area contributed by atoms with Gasteiger partial charge in [-0.25, -0.2) is 4.79 Å². The van der Waals surface area contributed by atoms with Gasteiger partial charge in [-0.15, -0.1) is 0 Å². The Kier molecular flexibility index (Phi) is 6.13. The third-order valence-corrected chi connectivity index (χ3v) is 2.64. The maximum absolute atomic E-state index is 11.7. The minimum atomic E-state index is -0.984. The SMILES string of the molecule is [B]O[C@H](OCC)[C@H]1OC(C)(C)O[C@H]1C(=N)C(=O)OCC. The van der Waals surface area contributed by atoms with Crippen LogP contribution in [0.3, 0.4) is 0 Å². The van der Waals surface area contributed by atoms with Gasteiger partial charge >= 0.3 is 5.97 Å². The Morgan fingerprint density at radius 3 is 2.50 bits per heavy atom. The first-order valence-electron chi connectivity index (χ1n) is 6.44. The third kappa shape index (κ3) is 4.02. The smallest absolute Gasteiger partial charge is 0.354 e. The van der Waals surface area contributed by atoms with Crippen molar-refractivity contribution in [3.63, 3.8) is 0 Å². The summed E-state index contributed by atoms with van der Waals surface area (Å²) in [6.45, 7) is 7.26. The van der Waals surface area contributed by atoms with Crippen LogP contribution in [0.5, 0.6) is 0 Å². The Morgan fingerprint density at radius 1 is 1.35 bits per heavy atom. The molecule has 0 spiro atoms. The summed E-state index contributed by atoms with van der Waals surface area (Å²) in [5.41, 5.74) is -0.357. The lowest BCUT2D eigenvalue weighted by atomic mass is 10.1. The lowest BCUT2D eigenvalue weighted by Crippen LogP contribution is -2.45. The lowest BCUT2D eigenvalue weighted by Gasteiger charge is -2.25. The fourth-order valence-electron chi connectivity index (χ4n) is 1.91. The van der Waals surface area contributed by atoms with E-state index in [0.717, 1.165) is 0 Å². The number of esters is 1. The Hall–Kier alpha value is -0.955. The molecule has 0 aliphatic carbocycles. The predicted molar refractivity (Wildman–Crippen MR) is 70.4 cm³/mol. The minimum Gasteiger partial charge on any atom is -0.461 e. The van der Waals surface area contributed by atoms with Gasteiger partial charge < -0.3 is 23.6 Å². The van der Waals surface area contributed by atoms with Crippen LogP contribution in [0, 0.1) is 5.41 Å². The molecule has 8 heteroatoms. The Bertz CT molecular complexity index is 362. The topological polar surface area (TPSA) is 87.1 Å². The van der Waals surface area contributed by atoms with Gasteiger partial charge in [0.05, 0.1) is 6.61 Å². The number of carbonyl (C=O) groups is 1. The molecule has 20 heavy (non-hydrogen) atoms. The predicted octanol–water partition coefficient (Wildman–Crippen LogP) is 0.552. The molecule has 2 radical (unpaired) electrons. The second kappa shape index (κ2) is 7.17. The number of hydrogen-bond donors (Lipinski definition) is 1. The molecule has 0 aromatic heterocycles. The van der Waals surface area contributed by atoms with Gasteiger partial charge in [-0.2, -0.15) is 0 Å². The van der Waals surface area contributed by atoms with Gasteiger partial charge in [-0.3, -0.25) is 5.41 Å². The van der Waals surface area contributed by atoms with E-state index in [9.17, 15) is 4.79 Å². The molecule has 0 bridgehead atoms. The number of carbonyl (C=O) groups excluding carboxylic acids is 1. The van der Waals surface area contributed by atoms with Crippen LogP contribution in [-0.2, 0) is 28.4 Å². The normalized spacial score (nSPS) is 26.2. The minimum absolute atomic E-state index is 0.172. The number of nitrogens with one attached hydrogen (secondary N) is 1. The van der Waals surface area contributed by atoms with Gasteiger partial charge in [0.2, 0.25) is 0 Å². The average molecular weight is 285 g/mol.